The molecule has 0 fully saturated rings. The molecule has 36 heavy (non-hydrogen) atoms. The Kier molecular flexibility index (Phi) is 13.1. The molecule has 0 aliphatic rings. The van der Waals surface area contributed by atoms with E-state index in [0.29, 0.717) is 25.3 Å². The molecule has 198 valence electrons. The average molecular weight is 503 g/mol. The monoisotopic (exact) mass is 502 g/mol. The van der Waals surface area contributed by atoms with Crippen LogP contribution in [0.25, 0.3) is 0 Å². The Hall–Kier alpha value is -3.50. The molecule has 2 aromatic rings. The maximum atomic E-state index is 11.4. The molecule has 10 nitrogen and oxygen atoms in total. The van der Waals surface area contributed by atoms with Crippen molar-refractivity contribution >= 4 is 23.3 Å². The quantitative estimate of drug-likeness (QED) is 0.182. The van der Waals surface area contributed by atoms with E-state index >= 15 is 0 Å². The summed E-state index contributed by atoms with van der Waals surface area (Å²) in [7, 11) is 0. The third kappa shape index (κ3) is 10.4. The van der Waals surface area contributed by atoms with Crippen LogP contribution in [0, 0.1) is 24.0 Å². The van der Waals surface area contributed by atoms with Crippen molar-refractivity contribution in [1.82, 2.24) is 10.6 Å². The van der Waals surface area contributed by atoms with E-state index < -0.39 is 11.0 Å². The standard InChI is InChI=1S/C13H18N2O4.C13H20N2O2/c1-4-19-13(16)10(3)14-8-11-7-9(2)5-6-12(11)15(17)18;1-4-17-13(16)10(3)15-8-11-7-9(2)5-6-12(11)14/h5-7,10,14H,4,8H2,1-3H3;5-7,10,15H,4,8,14H2,1-3H3/t2*10-/m11/s1. The maximum Gasteiger partial charge on any atom is 0.322 e. The molecule has 2 aromatic carbocycles. The summed E-state index contributed by atoms with van der Waals surface area (Å²) in [6, 6.07) is 9.94. The summed E-state index contributed by atoms with van der Waals surface area (Å²) in [5.74, 6) is -0.600. The Balaban J connectivity index is 0.000000362. The fourth-order valence-electron chi connectivity index (χ4n) is 3.15. The van der Waals surface area contributed by atoms with Gasteiger partial charge in [-0.2, -0.15) is 0 Å². The van der Waals surface area contributed by atoms with Crippen molar-refractivity contribution in [3.63, 3.8) is 0 Å². The first-order valence-corrected chi connectivity index (χ1v) is 11.9. The highest BCUT2D eigenvalue weighted by molar-refractivity contribution is 5.75. The van der Waals surface area contributed by atoms with E-state index in [4.69, 9.17) is 15.2 Å². The van der Waals surface area contributed by atoms with Gasteiger partial charge in [-0.25, -0.2) is 0 Å². The maximum absolute atomic E-state index is 11.4. The van der Waals surface area contributed by atoms with Gasteiger partial charge in [-0.15, -0.1) is 0 Å². The summed E-state index contributed by atoms with van der Waals surface area (Å²) in [6.45, 7) is 12.4. The molecule has 0 radical (unpaired) electrons. The smallest absolute Gasteiger partial charge is 0.322 e. The van der Waals surface area contributed by atoms with Crippen LogP contribution in [0.4, 0.5) is 11.4 Å². The van der Waals surface area contributed by atoms with Gasteiger partial charge in [-0.05, 0) is 59.2 Å². The second kappa shape index (κ2) is 15.5. The molecule has 2 rings (SSSR count). The van der Waals surface area contributed by atoms with E-state index in [1.54, 1.807) is 39.8 Å². The minimum absolute atomic E-state index is 0.0501. The number of hydrogen-bond donors (Lipinski definition) is 3. The summed E-state index contributed by atoms with van der Waals surface area (Å²) >= 11 is 0. The number of nitrogens with one attached hydrogen (secondary N) is 2. The second-order valence-corrected chi connectivity index (χ2v) is 8.30. The molecule has 0 heterocycles. The van der Waals surface area contributed by atoms with Crippen LogP contribution >= 0.6 is 0 Å². The number of nitro groups is 1. The van der Waals surface area contributed by atoms with Gasteiger partial charge in [0.05, 0.1) is 18.1 Å². The van der Waals surface area contributed by atoms with E-state index in [1.807, 2.05) is 32.0 Å². The number of hydrogen-bond acceptors (Lipinski definition) is 9. The molecule has 2 atom stereocenters. The lowest BCUT2D eigenvalue weighted by atomic mass is 10.1. The van der Waals surface area contributed by atoms with E-state index in [2.05, 4.69) is 10.6 Å². The number of anilines is 1. The van der Waals surface area contributed by atoms with Gasteiger partial charge in [0, 0.05) is 30.4 Å². The highest BCUT2D eigenvalue weighted by atomic mass is 16.6. The molecule has 10 heteroatoms. The lowest BCUT2D eigenvalue weighted by molar-refractivity contribution is -0.385. The van der Waals surface area contributed by atoms with Gasteiger partial charge in [-0.3, -0.25) is 19.7 Å². The first-order valence-electron chi connectivity index (χ1n) is 11.9. The zero-order chi connectivity index (χ0) is 27.3. The summed E-state index contributed by atoms with van der Waals surface area (Å²) in [5, 5.41) is 16.9. The lowest BCUT2D eigenvalue weighted by Gasteiger charge is -2.14. The van der Waals surface area contributed by atoms with E-state index in [9.17, 15) is 19.7 Å². The zero-order valence-electron chi connectivity index (χ0n) is 21.9. The minimum Gasteiger partial charge on any atom is -0.465 e. The third-order valence-electron chi connectivity index (χ3n) is 5.21. The Morgan fingerprint density at radius 2 is 1.33 bits per heavy atom. The molecule has 0 unspecified atom stereocenters. The van der Waals surface area contributed by atoms with Gasteiger partial charge < -0.3 is 25.8 Å². The van der Waals surface area contributed by atoms with Crippen LogP contribution in [0.15, 0.2) is 36.4 Å². The first-order chi connectivity index (χ1) is 17.0. The lowest BCUT2D eigenvalue weighted by Crippen LogP contribution is -2.35. The number of carbonyl (C=O) groups is 2. The number of rotatable bonds is 11. The van der Waals surface area contributed by atoms with Gasteiger partial charge in [0.25, 0.3) is 5.69 Å². The van der Waals surface area contributed by atoms with Gasteiger partial charge in [0.2, 0.25) is 0 Å². The molecule has 0 amide bonds. The number of nitro benzene ring substituents is 1. The van der Waals surface area contributed by atoms with Crippen molar-refractivity contribution in [3.8, 4) is 0 Å². The molecule has 0 spiro atoms. The van der Waals surface area contributed by atoms with Crippen molar-refractivity contribution in [2.75, 3.05) is 18.9 Å². The molecular formula is C26H38N4O6. The molecule has 0 aliphatic heterocycles. The van der Waals surface area contributed by atoms with Crippen LogP contribution in [0.5, 0.6) is 0 Å². The summed E-state index contributed by atoms with van der Waals surface area (Å²) in [6.07, 6.45) is 0. The molecule has 0 bridgehead atoms. The molecule has 0 aromatic heterocycles. The SMILES string of the molecule is CCOC(=O)[C@@H](C)NCc1cc(C)ccc1N.CCOC(=O)[C@@H](C)NCc1cc(C)ccc1[N+](=O)[O-]. The van der Waals surface area contributed by atoms with E-state index in [1.165, 1.54) is 6.07 Å². The van der Waals surface area contributed by atoms with Crippen molar-refractivity contribution < 1.29 is 24.0 Å². The van der Waals surface area contributed by atoms with Crippen LogP contribution in [-0.4, -0.2) is 42.2 Å². The number of esters is 2. The van der Waals surface area contributed by atoms with Crippen LogP contribution in [-0.2, 0) is 32.2 Å². The number of nitrogens with zero attached hydrogens (tertiary/aromatic N) is 1. The number of carbonyl (C=O) groups excluding carboxylic acids is 2. The van der Waals surface area contributed by atoms with Crippen LogP contribution in [0.1, 0.15) is 49.9 Å². The van der Waals surface area contributed by atoms with Crippen molar-refractivity contribution in [1.29, 1.82) is 0 Å². The Labute approximate surface area is 212 Å². The van der Waals surface area contributed by atoms with Gasteiger partial charge in [0.15, 0.2) is 0 Å². The number of benzene rings is 2. The Morgan fingerprint density at radius 3 is 1.81 bits per heavy atom. The Bertz CT molecular complexity index is 1030. The fourth-order valence-corrected chi connectivity index (χ4v) is 3.15. The van der Waals surface area contributed by atoms with Crippen molar-refractivity contribution in [2.45, 2.75) is 66.7 Å². The Morgan fingerprint density at radius 1 is 0.889 bits per heavy atom. The average Bonchev–Trinajstić information content (AvgIpc) is 2.83. The largest absolute Gasteiger partial charge is 0.465 e. The van der Waals surface area contributed by atoms with Crippen molar-refractivity contribution in [2.24, 2.45) is 0 Å². The number of ether oxygens (including phenoxy) is 2. The summed E-state index contributed by atoms with van der Waals surface area (Å²) in [4.78, 5) is 33.3. The van der Waals surface area contributed by atoms with E-state index in [0.717, 1.165) is 22.4 Å². The number of nitrogens with two attached hydrogens (primary N) is 1. The van der Waals surface area contributed by atoms with Crippen LogP contribution in [0.3, 0.4) is 0 Å². The van der Waals surface area contributed by atoms with Crippen molar-refractivity contribution in [3.05, 3.63) is 68.8 Å². The minimum atomic E-state index is -0.500. The zero-order valence-corrected chi connectivity index (χ0v) is 21.9. The number of nitrogen functional groups attached to an aromatic ring is 1. The summed E-state index contributed by atoms with van der Waals surface area (Å²) < 4.78 is 9.77. The van der Waals surface area contributed by atoms with E-state index in [-0.39, 0.29) is 30.2 Å². The molecule has 4 N–H and O–H groups in total. The van der Waals surface area contributed by atoms with Gasteiger partial charge >= 0.3 is 11.9 Å². The predicted molar refractivity (Wildman–Crippen MR) is 139 cm³/mol. The highest BCUT2D eigenvalue weighted by Crippen LogP contribution is 2.19. The number of aryl methyl sites for hydroxylation is 2. The molecule has 0 saturated carbocycles. The molecule has 0 saturated heterocycles. The molecular weight excluding hydrogens is 464 g/mol. The highest BCUT2D eigenvalue weighted by Gasteiger charge is 2.17. The summed E-state index contributed by atoms with van der Waals surface area (Å²) in [5.41, 5.74) is 10.3. The molecule has 0 aliphatic carbocycles. The van der Waals surface area contributed by atoms with Gasteiger partial charge in [-0.1, -0.05) is 29.3 Å². The van der Waals surface area contributed by atoms with Gasteiger partial charge in [0.1, 0.15) is 12.1 Å². The second-order valence-electron chi connectivity index (χ2n) is 8.30. The first kappa shape index (κ1) is 30.5. The van der Waals surface area contributed by atoms with Crippen LogP contribution in [0.2, 0.25) is 0 Å². The normalized spacial score (nSPS) is 12.1. The van der Waals surface area contributed by atoms with Crippen LogP contribution < -0.4 is 16.4 Å². The fraction of sp³-hybridized carbons (Fsp3) is 0.462. The topological polar surface area (TPSA) is 146 Å². The third-order valence-corrected chi connectivity index (χ3v) is 5.21. The predicted octanol–water partition coefficient (Wildman–Crippen LogP) is 3.56.